The molecule has 0 saturated carbocycles. The van der Waals surface area contributed by atoms with Gasteiger partial charge in [-0.25, -0.2) is 4.98 Å². The van der Waals surface area contributed by atoms with E-state index in [1.165, 1.54) is 18.0 Å². The maximum atomic E-state index is 12.5. The molecule has 1 saturated heterocycles. The van der Waals surface area contributed by atoms with Crippen LogP contribution >= 0.6 is 0 Å². The highest BCUT2D eigenvalue weighted by Gasteiger charge is 2.32. The first-order chi connectivity index (χ1) is 14.2. The van der Waals surface area contributed by atoms with Crippen LogP contribution in [0.1, 0.15) is 27.2 Å². The Morgan fingerprint density at radius 1 is 1.37 bits per heavy atom. The Balaban J connectivity index is 1.48. The molecule has 1 amide bonds. The molecular weight excluding hydrogens is 392 g/mol. The molecule has 162 valence electrons. The van der Waals surface area contributed by atoms with Crippen LogP contribution in [0.5, 0.6) is 11.6 Å². The number of methoxy groups -OCH3 is 1. The van der Waals surface area contributed by atoms with Crippen molar-refractivity contribution in [2.45, 2.75) is 51.5 Å². The molecule has 2 aromatic rings. The van der Waals surface area contributed by atoms with Crippen molar-refractivity contribution in [2.24, 2.45) is 0 Å². The number of ether oxygens (including phenoxy) is 4. The van der Waals surface area contributed by atoms with Gasteiger partial charge in [0.25, 0.3) is 5.91 Å². The quantitative estimate of drug-likeness (QED) is 0.677. The molecule has 0 spiro atoms. The number of nitrogens with zero attached hydrogens (tertiary/aromatic N) is 3. The van der Waals surface area contributed by atoms with Crippen LogP contribution in [-0.2, 0) is 25.6 Å². The van der Waals surface area contributed by atoms with E-state index in [9.17, 15) is 9.59 Å². The van der Waals surface area contributed by atoms with Crippen molar-refractivity contribution in [1.82, 2.24) is 14.8 Å². The number of aromatic nitrogens is 3. The van der Waals surface area contributed by atoms with Crippen LogP contribution in [0.3, 0.4) is 0 Å². The smallest absolute Gasteiger partial charge is 0.328 e. The molecule has 0 radical (unpaired) electrons. The summed E-state index contributed by atoms with van der Waals surface area (Å²) in [6.07, 6.45) is 4.12. The monoisotopic (exact) mass is 418 g/mol. The predicted molar refractivity (Wildman–Crippen MR) is 106 cm³/mol. The zero-order valence-electron chi connectivity index (χ0n) is 17.5. The summed E-state index contributed by atoms with van der Waals surface area (Å²) in [7, 11) is 1.53. The lowest BCUT2D eigenvalue weighted by Crippen LogP contribution is -2.28. The molecule has 1 aliphatic heterocycles. The molecule has 3 rings (SSSR count). The van der Waals surface area contributed by atoms with Crippen LogP contribution in [-0.4, -0.2) is 58.2 Å². The Morgan fingerprint density at radius 3 is 2.90 bits per heavy atom. The van der Waals surface area contributed by atoms with Crippen LogP contribution in [0.15, 0.2) is 30.7 Å². The van der Waals surface area contributed by atoms with Gasteiger partial charge in [0.1, 0.15) is 30.1 Å². The van der Waals surface area contributed by atoms with Crippen molar-refractivity contribution in [2.75, 3.05) is 19.0 Å². The lowest BCUT2D eigenvalue weighted by molar-refractivity contribution is -0.155. The summed E-state index contributed by atoms with van der Waals surface area (Å²) in [6.45, 7) is 5.63. The summed E-state index contributed by atoms with van der Waals surface area (Å²) >= 11 is 0. The molecule has 10 nitrogen and oxygen atoms in total. The molecule has 2 aromatic heterocycles. The summed E-state index contributed by atoms with van der Waals surface area (Å²) < 4.78 is 23.1. The van der Waals surface area contributed by atoms with Gasteiger partial charge in [-0.3, -0.25) is 14.3 Å². The van der Waals surface area contributed by atoms with Gasteiger partial charge in [0.2, 0.25) is 5.88 Å². The fraction of sp³-hybridized carbons (Fsp3) is 0.500. The van der Waals surface area contributed by atoms with E-state index in [0.717, 1.165) is 0 Å². The summed E-state index contributed by atoms with van der Waals surface area (Å²) in [5.74, 6) is 0.338. The van der Waals surface area contributed by atoms with Crippen LogP contribution in [0.4, 0.5) is 5.69 Å². The number of esters is 1. The van der Waals surface area contributed by atoms with Crippen molar-refractivity contribution in [3.05, 3.63) is 30.7 Å². The maximum Gasteiger partial charge on any atom is 0.328 e. The zero-order valence-corrected chi connectivity index (χ0v) is 17.5. The largest absolute Gasteiger partial charge is 0.488 e. The minimum absolute atomic E-state index is 0.0433. The Hall–Kier alpha value is -3.14. The first-order valence-corrected chi connectivity index (χ1v) is 9.55. The summed E-state index contributed by atoms with van der Waals surface area (Å²) in [6, 6.07) is 3.39. The Labute approximate surface area is 174 Å². The van der Waals surface area contributed by atoms with E-state index < -0.39 is 17.7 Å². The molecule has 2 atom stereocenters. The predicted octanol–water partition coefficient (Wildman–Crippen LogP) is 1.80. The van der Waals surface area contributed by atoms with Crippen molar-refractivity contribution in [1.29, 1.82) is 0 Å². The van der Waals surface area contributed by atoms with Crippen molar-refractivity contribution >= 4 is 17.6 Å². The van der Waals surface area contributed by atoms with Gasteiger partial charge in [-0.15, -0.1) is 0 Å². The molecule has 10 heteroatoms. The van der Waals surface area contributed by atoms with E-state index >= 15 is 0 Å². The first-order valence-electron chi connectivity index (χ1n) is 9.55. The molecule has 1 fully saturated rings. The van der Waals surface area contributed by atoms with Crippen molar-refractivity contribution in [3.8, 4) is 11.6 Å². The second-order valence-electron chi connectivity index (χ2n) is 7.83. The number of amides is 1. The highest BCUT2D eigenvalue weighted by molar-refractivity contribution is 5.94. The van der Waals surface area contributed by atoms with Crippen LogP contribution in [0.2, 0.25) is 0 Å². The number of nitrogens with one attached hydrogen (secondary N) is 1. The molecule has 2 unspecified atom stereocenters. The maximum absolute atomic E-state index is 12.5. The molecule has 1 aliphatic rings. The van der Waals surface area contributed by atoms with Gasteiger partial charge in [0.15, 0.2) is 0 Å². The van der Waals surface area contributed by atoms with Crippen LogP contribution < -0.4 is 14.8 Å². The van der Waals surface area contributed by atoms with Crippen LogP contribution in [0.25, 0.3) is 0 Å². The molecule has 3 heterocycles. The van der Waals surface area contributed by atoms with Crippen molar-refractivity contribution < 1.29 is 28.5 Å². The Morgan fingerprint density at radius 2 is 2.17 bits per heavy atom. The lowest BCUT2D eigenvalue weighted by atomic mass is 10.2. The number of carbonyl (C=O) groups excluding carboxylic acids is 2. The molecule has 0 aromatic carbocycles. The van der Waals surface area contributed by atoms with E-state index in [1.54, 1.807) is 45.3 Å². The molecular formula is C20H26N4O6. The van der Waals surface area contributed by atoms with E-state index in [0.29, 0.717) is 30.3 Å². The highest BCUT2D eigenvalue weighted by Crippen LogP contribution is 2.23. The molecule has 0 aliphatic carbocycles. The van der Waals surface area contributed by atoms with Gasteiger partial charge in [0, 0.05) is 24.9 Å². The fourth-order valence-corrected chi connectivity index (χ4v) is 2.88. The Kier molecular flexibility index (Phi) is 6.56. The fourth-order valence-electron chi connectivity index (χ4n) is 2.88. The zero-order chi connectivity index (χ0) is 21.7. The van der Waals surface area contributed by atoms with E-state index in [1.807, 2.05) is 0 Å². The van der Waals surface area contributed by atoms with Gasteiger partial charge in [-0.1, -0.05) is 0 Å². The average Bonchev–Trinajstić information content (AvgIpc) is 3.30. The number of hydrogen-bond acceptors (Lipinski definition) is 8. The normalized spacial score (nSPS) is 18.7. The lowest BCUT2D eigenvalue weighted by Gasteiger charge is -2.19. The van der Waals surface area contributed by atoms with Gasteiger partial charge in [0.05, 0.1) is 25.6 Å². The minimum Gasteiger partial charge on any atom is -0.488 e. The van der Waals surface area contributed by atoms with Gasteiger partial charge in [-0.2, -0.15) is 5.10 Å². The number of pyridine rings is 1. The topological polar surface area (TPSA) is 114 Å². The minimum atomic E-state index is -0.645. The van der Waals surface area contributed by atoms with Crippen LogP contribution in [0, 0.1) is 0 Å². The van der Waals surface area contributed by atoms with E-state index in [2.05, 4.69) is 15.4 Å². The number of hydrogen-bond donors (Lipinski definition) is 1. The van der Waals surface area contributed by atoms with Gasteiger partial charge >= 0.3 is 5.97 Å². The summed E-state index contributed by atoms with van der Waals surface area (Å²) in [5, 5.41) is 6.81. The Bertz CT molecular complexity index is 891. The summed E-state index contributed by atoms with van der Waals surface area (Å²) in [4.78, 5) is 28.4. The first kappa shape index (κ1) is 21.6. The van der Waals surface area contributed by atoms with Crippen molar-refractivity contribution in [3.63, 3.8) is 0 Å². The third kappa shape index (κ3) is 6.18. The molecule has 0 bridgehead atoms. The number of carbonyl (C=O) groups is 2. The third-order valence-electron chi connectivity index (χ3n) is 4.08. The number of anilines is 1. The standard InChI is InChI=1S/C20H26N4O6/c1-20(2,3)30-18(25)11-24-10-13(9-22-24)23-19(26)16-7-15(12-28-16)29-14-5-6-21-17(8-14)27-4/h5-6,8-10,15-16H,7,11-12H2,1-4H3,(H,23,26). The van der Waals surface area contributed by atoms with Gasteiger partial charge in [-0.05, 0) is 26.8 Å². The summed E-state index contributed by atoms with van der Waals surface area (Å²) in [5.41, 5.74) is -0.100. The molecule has 30 heavy (non-hydrogen) atoms. The number of rotatable bonds is 7. The average molecular weight is 418 g/mol. The van der Waals surface area contributed by atoms with E-state index in [-0.39, 0.29) is 18.6 Å². The second kappa shape index (κ2) is 9.12. The third-order valence-corrected chi connectivity index (χ3v) is 4.08. The second-order valence-corrected chi connectivity index (χ2v) is 7.83. The SMILES string of the molecule is COc1cc(OC2COC(C(=O)Nc3cnn(CC(=O)OC(C)(C)C)c3)C2)ccn1. The van der Waals surface area contributed by atoms with E-state index in [4.69, 9.17) is 18.9 Å². The van der Waals surface area contributed by atoms with Gasteiger partial charge < -0.3 is 24.3 Å². The highest BCUT2D eigenvalue weighted by atomic mass is 16.6. The molecule has 1 N–H and O–H groups in total.